The number of aliphatic hydroxyl groups is 13. The average molecular weight is 1120 g/mol. The standard InChI is InChI=1S/C54H86O24/c1-49(2)14-15-54(21-58)23(16-49)22-8-9-28-51(5)12-11-30(50(3,4)27(51)10-13-52(28,6)53(22,7)17-29(54)59)74-48-43(78-46-38(67)35(64)32(61)25(19-56)72-46)40(39(68)41(76-48)44(69)70)75-47-42(36(65)33(62)26(20-57)73-47)77-45-37(66)34(63)31(60)24(18-55)71-45/h8,21,23-43,45-48,55-57,59-68H,9-20H2,1-7H3,(H,69,70)/t23-,24+,25+,26+,27-,28+,29+,30-,31+,32-,33-,34-,35-,36-,37+,38+,39-,40-,41-,42+,43+,45-,46-,47-,48+,51-,52+,53+,54+/m0/s1. The van der Waals surface area contributed by atoms with Crippen molar-refractivity contribution in [3.8, 4) is 0 Å². The number of aliphatic hydroxyl groups excluding tert-OH is 13. The highest BCUT2D eigenvalue weighted by molar-refractivity contribution is 5.73. The maximum absolute atomic E-state index is 13.1. The van der Waals surface area contributed by atoms with Gasteiger partial charge in [-0.2, -0.15) is 0 Å². The molecule has 4 saturated heterocycles. The van der Waals surface area contributed by atoms with Crippen molar-refractivity contribution in [1.29, 1.82) is 0 Å². The topological polar surface area (TPSA) is 391 Å². The smallest absolute Gasteiger partial charge is 0.335 e. The Morgan fingerprint density at radius 1 is 0.577 bits per heavy atom. The van der Waals surface area contributed by atoms with E-state index in [0.29, 0.717) is 25.7 Å². The largest absolute Gasteiger partial charge is 0.479 e. The van der Waals surface area contributed by atoms with E-state index in [1.165, 1.54) is 5.57 Å². The molecule has 0 aromatic heterocycles. The molecule has 9 rings (SSSR count). The molecule has 4 aliphatic heterocycles. The van der Waals surface area contributed by atoms with Crippen LogP contribution in [0.1, 0.15) is 106 Å². The monoisotopic (exact) mass is 1120 g/mol. The van der Waals surface area contributed by atoms with Gasteiger partial charge in [0.2, 0.25) is 0 Å². The third kappa shape index (κ3) is 9.68. The summed E-state index contributed by atoms with van der Waals surface area (Å²) in [5, 5.41) is 153. The molecule has 0 unspecified atom stereocenters. The SMILES string of the molecule is CC1(C)CC[C@]2(C=O)[C@H](O)C[C@]3(C)C(=CC[C@@H]4[C@@]5(C)CC[C@H](O[C@@H]6O[C@H](C(=O)O)[C@@H](O)[C@H](O[C@@H]7O[C@H](CO)[C@H](O)[C@H](O)[C@H]7O[C@@H]7O[C@H](CO)[C@@H](O)[C@H](O)[C@H]7O)[C@H]6O[C@@H]6O[C@H](CO)[C@H](O)[C@H](O)[C@H]6O)C(C)(C)[C@@H]5CC[C@]43C)[C@@H]2C1. The molecule has 78 heavy (non-hydrogen) atoms. The van der Waals surface area contributed by atoms with Gasteiger partial charge in [0.25, 0.3) is 0 Å². The van der Waals surface area contributed by atoms with Crippen molar-refractivity contribution >= 4 is 12.3 Å². The van der Waals surface area contributed by atoms with Crippen molar-refractivity contribution in [3.05, 3.63) is 11.6 Å². The summed E-state index contributed by atoms with van der Waals surface area (Å²) in [7, 11) is 0. The molecule has 0 aromatic carbocycles. The fraction of sp³-hybridized carbons (Fsp3) is 0.926. The van der Waals surface area contributed by atoms with E-state index in [4.69, 9.17) is 37.9 Å². The summed E-state index contributed by atoms with van der Waals surface area (Å²) in [6.45, 7) is 12.8. The molecule has 0 bridgehead atoms. The second-order valence-corrected chi connectivity index (χ2v) is 26.3. The number of hydrogen-bond donors (Lipinski definition) is 14. The number of carboxylic acid groups (broad SMARTS) is 1. The minimum atomic E-state index is -2.27. The Labute approximate surface area is 453 Å². The van der Waals surface area contributed by atoms with Crippen molar-refractivity contribution in [2.24, 2.45) is 50.2 Å². The lowest BCUT2D eigenvalue weighted by Gasteiger charge is -2.71. The number of rotatable bonds is 13. The first kappa shape index (κ1) is 60.6. The molecule has 8 fully saturated rings. The predicted molar refractivity (Wildman–Crippen MR) is 264 cm³/mol. The first-order valence-electron chi connectivity index (χ1n) is 27.8. The number of carbonyl (C=O) groups excluding carboxylic acids is 1. The van der Waals surface area contributed by atoms with E-state index < -0.39 is 177 Å². The fourth-order valence-electron chi connectivity index (χ4n) is 16.5. The van der Waals surface area contributed by atoms with Crippen molar-refractivity contribution in [2.75, 3.05) is 19.8 Å². The summed E-state index contributed by atoms with van der Waals surface area (Å²) in [5.41, 5.74) is -1.36. The van der Waals surface area contributed by atoms with Crippen LogP contribution in [0.4, 0.5) is 0 Å². The van der Waals surface area contributed by atoms with E-state index in [-0.39, 0.29) is 34.0 Å². The first-order chi connectivity index (χ1) is 36.5. The molecule has 4 saturated carbocycles. The molecule has 0 spiro atoms. The van der Waals surface area contributed by atoms with Crippen molar-refractivity contribution in [2.45, 2.75) is 241 Å². The quantitative estimate of drug-likeness (QED) is 0.0524. The lowest BCUT2D eigenvalue weighted by molar-refractivity contribution is -0.407. The Kier molecular flexibility index (Phi) is 17.0. The number of fused-ring (bicyclic) bond motifs is 7. The maximum atomic E-state index is 13.1. The van der Waals surface area contributed by atoms with Crippen LogP contribution in [0.5, 0.6) is 0 Å². The summed E-state index contributed by atoms with van der Waals surface area (Å²) in [5.74, 6) is -1.73. The molecule has 9 aliphatic rings. The van der Waals surface area contributed by atoms with E-state index in [2.05, 4.69) is 40.7 Å². The molecule has 0 amide bonds. The van der Waals surface area contributed by atoms with E-state index >= 15 is 0 Å². The maximum Gasteiger partial charge on any atom is 0.335 e. The average Bonchev–Trinajstić information content (AvgIpc) is 3.34. The van der Waals surface area contributed by atoms with E-state index in [0.717, 1.165) is 38.4 Å². The van der Waals surface area contributed by atoms with Crippen molar-refractivity contribution in [3.63, 3.8) is 0 Å². The van der Waals surface area contributed by atoms with Crippen LogP contribution in [-0.2, 0) is 47.5 Å². The highest BCUT2D eigenvalue weighted by atomic mass is 16.8. The van der Waals surface area contributed by atoms with Crippen LogP contribution >= 0.6 is 0 Å². The fourth-order valence-corrected chi connectivity index (χ4v) is 16.5. The number of aliphatic carboxylic acids is 1. The van der Waals surface area contributed by atoms with Gasteiger partial charge in [-0.25, -0.2) is 4.79 Å². The zero-order valence-corrected chi connectivity index (χ0v) is 45.4. The normalized spacial score (nSPS) is 53.8. The van der Waals surface area contributed by atoms with Gasteiger partial charge >= 0.3 is 5.97 Å². The van der Waals surface area contributed by atoms with E-state index in [9.17, 15) is 81.1 Å². The van der Waals surface area contributed by atoms with Crippen molar-refractivity contribution in [1.82, 2.24) is 0 Å². The van der Waals surface area contributed by atoms with Gasteiger partial charge in [-0.3, -0.25) is 0 Å². The Bertz CT molecular complexity index is 2180. The zero-order valence-electron chi connectivity index (χ0n) is 45.4. The Morgan fingerprint density at radius 2 is 1.10 bits per heavy atom. The third-order valence-corrected chi connectivity index (χ3v) is 21.4. The van der Waals surface area contributed by atoms with Gasteiger partial charge in [0.15, 0.2) is 31.3 Å². The molecule has 0 radical (unpaired) electrons. The number of ether oxygens (including phenoxy) is 8. The van der Waals surface area contributed by atoms with Crippen LogP contribution in [0.25, 0.3) is 0 Å². The Balaban J connectivity index is 1.05. The molecular formula is C54H86O24. The molecule has 24 heteroatoms. The highest BCUT2D eigenvalue weighted by Crippen LogP contribution is 2.76. The van der Waals surface area contributed by atoms with E-state index in [1.807, 2.05) is 13.8 Å². The highest BCUT2D eigenvalue weighted by Gasteiger charge is 2.71. The second kappa shape index (κ2) is 21.9. The van der Waals surface area contributed by atoms with Gasteiger partial charge < -0.3 is 114 Å². The van der Waals surface area contributed by atoms with Gasteiger partial charge in [-0.1, -0.05) is 60.1 Å². The first-order valence-corrected chi connectivity index (χ1v) is 27.8. The minimum absolute atomic E-state index is 0.0117. The minimum Gasteiger partial charge on any atom is -0.479 e. The Hall–Kier alpha value is -1.96. The van der Waals surface area contributed by atoms with Gasteiger partial charge in [0.1, 0.15) is 97.8 Å². The molecule has 446 valence electrons. The molecule has 24 nitrogen and oxygen atoms in total. The van der Waals surface area contributed by atoms with Crippen LogP contribution in [-0.4, -0.2) is 239 Å². The van der Waals surface area contributed by atoms with Crippen LogP contribution in [0.3, 0.4) is 0 Å². The van der Waals surface area contributed by atoms with Crippen molar-refractivity contribution < 1.29 is 119 Å². The summed E-state index contributed by atoms with van der Waals surface area (Å²) < 4.78 is 48.8. The summed E-state index contributed by atoms with van der Waals surface area (Å²) in [6.07, 6.45) is -31.1. The molecular weight excluding hydrogens is 1030 g/mol. The van der Waals surface area contributed by atoms with Gasteiger partial charge in [-0.15, -0.1) is 0 Å². The summed E-state index contributed by atoms with van der Waals surface area (Å²) >= 11 is 0. The Morgan fingerprint density at radius 3 is 1.65 bits per heavy atom. The third-order valence-electron chi connectivity index (χ3n) is 21.4. The molecule has 5 aliphatic carbocycles. The lowest BCUT2D eigenvalue weighted by Crippen LogP contribution is -2.69. The van der Waals surface area contributed by atoms with Crippen LogP contribution < -0.4 is 0 Å². The summed E-state index contributed by atoms with van der Waals surface area (Å²) in [6, 6.07) is 0. The van der Waals surface area contributed by atoms with Crippen LogP contribution in [0.2, 0.25) is 0 Å². The molecule has 0 aromatic rings. The second-order valence-electron chi connectivity index (χ2n) is 26.3. The van der Waals surface area contributed by atoms with E-state index in [1.54, 1.807) is 0 Å². The molecule has 4 heterocycles. The number of aldehydes is 1. The number of hydrogen-bond acceptors (Lipinski definition) is 23. The van der Waals surface area contributed by atoms with Crippen LogP contribution in [0.15, 0.2) is 11.6 Å². The molecule has 14 N–H and O–H groups in total. The van der Waals surface area contributed by atoms with Gasteiger partial charge in [0, 0.05) is 0 Å². The van der Waals surface area contributed by atoms with Gasteiger partial charge in [-0.05, 0) is 103 Å². The van der Waals surface area contributed by atoms with Crippen LogP contribution in [0, 0.1) is 50.2 Å². The lowest BCUT2D eigenvalue weighted by atomic mass is 9.33. The molecule has 29 atom stereocenters. The summed E-state index contributed by atoms with van der Waals surface area (Å²) in [4.78, 5) is 26.3. The predicted octanol–water partition coefficient (Wildman–Crippen LogP) is -2.29. The number of carbonyl (C=O) groups is 2. The van der Waals surface area contributed by atoms with Gasteiger partial charge in [0.05, 0.1) is 37.4 Å². The zero-order chi connectivity index (χ0) is 57.1. The number of allylic oxidation sites excluding steroid dienone is 2. The number of carboxylic acids is 1.